The fraction of sp³-hybridized carbons (Fsp3) is 0.543. The summed E-state index contributed by atoms with van der Waals surface area (Å²) in [6, 6.07) is 6.60. The third kappa shape index (κ3) is 10.1. The number of morpholine rings is 1. The average molecular weight is 898 g/mol. The second-order valence-corrected chi connectivity index (χ2v) is 17.5. The van der Waals surface area contributed by atoms with Crippen molar-refractivity contribution >= 4 is 53.0 Å². The molecule has 1 saturated carbocycles. The number of nitrogens with one attached hydrogen (secondary N) is 2. The molecule has 3 aromatic heterocycles. The molecule has 3 atom stereocenters. The normalized spacial score (nSPS) is 21.5. The van der Waals surface area contributed by atoms with Gasteiger partial charge in [-0.1, -0.05) is 17.9 Å². The molecule has 0 radical (unpaired) electrons. The molecule has 4 aromatic rings. The molecule has 19 heteroatoms. The van der Waals surface area contributed by atoms with Crippen molar-refractivity contribution in [3.8, 4) is 11.8 Å². The lowest BCUT2D eigenvalue weighted by molar-refractivity contribution is -0.123. The molecule has 0 spiro atoms. The van der Waals surface area contributed by atoms with E-state index in [1.54, 1.807) is 23.0 Å². The molecule has 1 aromatic carbocycles. The number of amides is 3. The van der Waals surface area contributed by atoms with E-state index in [1.165, 1.54) is 28.9 Å². The first-order valence-corrected chi connectivity index (χ1v) is 22.5. The molecule has 3 saturated heterocycles. The lowest BCUT2D eigenvalue weighted by atomic mass is 9.85. The van der Waals surface area contributed by atoms with Gasteiger partial charge >= 0.3 is 0 Å². The second-order valence-electron chi connectivity index (χ2n) is 17.5. The molecule has 6 heterocycles. The minimum Gasteiger partial charge on any atom is -0.375 e. The van der Waals surface area contributed by atoms with Gasteiger partial charge in [-0.3, -0.25) is 19.1 Å². The van der Waals surface area contributed by atoms with E-state index >= 15 is 0 Å². The van der Waals surface area contributed by atoms with E-state index in [0.717, 1.165) is 83.2 Å². The standard InChI is InChI=1S/C46H57F2N11O6/c1-49-46(63)39(10-5-21-60)57(29-61)38-9-4-7-31(42(38)54(2)3)8-6-22-64-34-15-18-55(19-16-34)25-30-11-13-32(14-12-30)59-27-37(41(53-59)43(47)48)51-45(62)36-24-50-58-20-17-40(52-44(36)58)56-26-35-23-33(56)28-65-35/h4,7,9,17,20-21,24,27,29-30,32-35,39,43H,5,10-16,18-19,22-23,25-26,28H2,1-3H3,(H,49,63)(H,51,62)/t30?,32?,33-,35?,39?/m1/s1. The van der Waals surface area contributed by atoms with Gasteiger partial charge in [-0.15, -0.1) is 0 Å². The van der Waals surface area contributed by atoms with Gasteiger partial charge < -0.3 is 44.5 Å². The Morgan fingerprint density at radius 2 is 1.88 bits per heavy atom. The van der Waals surface area contributed by atoms with Gasteiger partial charge in [0.2, 0.25) is 12.3 Å². The van der Waals surface area contributed by atoms with Crippen molar-refractivity contribution in [3.05, 3.63) is 59.7 Å². The van der Waals surface area contributed by atoms with E-state index in [2.05, 4.69) is 42.5 Å². The van der Waals surface area contributed by atoms with Crippen LogP contribution >= 0.6 is 0 Å². The quantitative estimate of drug-likeness (QED) is 0.113. The van der Waals surface area contributed by atoms with Crippen LogP contribution in [0.25, 0.3) is 5.65 Å². The maximum absolute atomic E-state index is 14.3. The summed E-state index contributed by atoms with van der Waals surface area (Å²) in [4.78, 5) is 62.3. The van der Waals surface area contributed by atoms with Crippen LogP contribution in [0.3, 0.4) is 0 Å². The molecule has 17 nitrogen and oxygen atoms in total. The number of fused-ring (bicyclic) bond motifs is 3. The number of rotatable bonds is 17. The van der Waals surface area contributed by atoms with Crippen molar-refractivity contribution < 1.29 is 37.4 Å². The highest BCUT2D eigenvalue weighted by Gasteiger charge is 2.40. The maximum atomic E-state index is 14.3. The Kier molecular flexibility index (Phi) is 14.4. The predicted octanol–water partition coefficient (Wildman–Crippen LogP) is 4.48. The highest BCUT2D eigenvalue weighted by molar-refractivity contribution is 6.08. The first-order valence-electron chi connectivity index (χ1n) is 22.5. The highest BCUT2D eigenvalue weighted by atomic mass is 19.3. The van der Waals surface area contributed by atoms with E-state index < -0.39 is 24.1 Å². The maximum Gasteiger partial charge on any atom is 0.284 e. The van der Waals surface area contributed by atoms with Crippen molar-refractivity contribution in [2.24, 2.45) is 5.92 Å². The second kappa shape index (κ2) is 20.5. The third-order valence-corrected chi connectivity index (χ3v) is 13.2. The number of anilines is 4. The Balaban J connectivity index is 0.808. The molecule has 346 valence electrons. The molecule has 2 unspecified atom stereocenters. The number of aldehydes is 1. The molecule has 8 rings (SSSR count). The van der Waals surface area contributed by atoms with Gasteiger partial charge in [-0.25, -0.2) is 18.3 Å². The number of para-hydroxylation sites is 1. The van der Waals surface area contributed by atoms with Gasteiger partial charge in [0.15, 0.2) is 11.3 Å². The number of alkyl halides is 2. The molecule has 3 amide bonds. The molecular weight excluding hydrogens is 841 g/mol. The number of likely N-dealkylation sites (tertiary alicyclic amines) is 1. The molecule has 4 aliphatic rings. The average Bonchev–Trinajstić information content (AvgIpc) is 4.14. The van der Waals surface area contributed by atoms with Crippen LogP contribution in [-0.2, 0) is 23.9 Å². The molecule has 4 fully saturated rings. The fourth-order valence-corrected chi connectivity index (χ4v) is 9.80. The zero-order valence-electron chi connectivity index (χ0n) is 37.1. The zero-order valence-corrected chi connectivity index (χ0v) is 37.1. The number of benzene rings is 1. The summed E-state index contributed by atoms with van der Waals surface area (Å²) in [5, 5.41) is 13.9. The predicted molar refractivity (Wildman–Crippen MR) is 239 cm³/mol. The number of nitrogens with zero attached hydrogens (tertiary/aromatic N) is 9. The van der Waals surface area contributed by atoms with Crippen LogP contribution in [0.4, 0.5) is 31.7 Å². The molecule has 65 heavy (non-hydrogen) atoms. The zero-order chi connectivity index (χ0) is 45.6. The van der Waals surface area contributed by atoms with Crippen molar-refractivity contribution in [1.82, 2.24) is 34.6 Å². The summed E-state index contributed by atoms with van der Waals surface area (Å²) >= 11 is 0. The number of ether oxygens (including phenoxy) is 2. The molecule has 2 bridgehead atoms. The summed E-state index contributed by atoms with van der Waals surface area (Å²) in [6.45, 7) is 4.38. The van der Waals surface area contributed by atoms with E-state index in [4.69, 9.17) is 14.5 Å². The van der Waals surface area contributed by atoms with Gasteiger partial charge in [0.25, 0.3) is 12.3 Å². The van der Waals surface area contributed by atoms with E-state index in [-0.39, 0.29) is 60.9 Å². The molecule has 2 N–H and O–H groups in total. The van der Waals surface area contributed by atoms with E-state index in [0.29, 0.717) is 41.5 Å². The van der Waals surface area contributed by atoms with E-state index in [9.17, 15) is 28.0 Å². The Morgan fingerprint density at radius 1 is 1.08 bits per heavy atom. The summed E-state index contributed by atoms with van der Waals surface area (Å²) in [6.07, 6.45) is 9.92. The number of aromatic nitrogens is 5. The van der Waals surface area contributed by atoms with Crippen molar-refractivity contribution in [3.63, 3.8) is 0 Å². The highest BCUT2D eigenvalue weighted by Crippen LogP contribution is 2.37. The minimum absolute atomic E-state index is 0.0121. The van der Waals surface area contributed by atoms with Gasteiger partial charge in [0, 0.05) is 66.1 Å². The third-order valence-electron chi connectivity index (χ3n) is 13.2. The summed E-state index contributed by atoms with van der Waals surface area (Å²) in [5.41, 5.74) is 1.95. The summed E-state index contributed by atoms with van der Waals surface area (Å²) in [7, 11) is 5.19. The Morgan fingerprint density at radius 3 is 2.55 bits per heavy atom. The smallest absolute Gasteiger partial charge is 0.284 e. The molecule has 1 aliphatic carbocycles. The van der Waals surface area contributed by atoms with Crippen LogP contribution in [-0.4, -0.2) is 139 Å². The molecular formula is C46H57F2N11O6. The van der Waals surface area contributed by atoms with Crippen LogP contribution < -0.4 is 25.3 Å². The summed E-state index contributed by atoms with van der Waals surface area (Å²) in [5.74, 6) is 6.61. The Hall–Kier alpha value is -5.97. The van der Waals surface area contributed by atoms with Gasteiger partial charge in [-0.05, 0) is 75.5 Å². The number of hydrogen-bond acceptors (Lipinski definition) is 12. The van der Waals surface area contributed by atoms with Crippen LogP contribution in [0.1, 0.15) is 91.9 Å². The number of hydrogen-bond donors (Lipinski definition) is 2. The van der Waals surface area contributed by atoms with Gasteiger partial charge in [0.1, 0.15) is 30.3 Å². The van der Waals surface area contributed by atoms with Crippen molar-refractivity contribution in [1.29, 1.82) is 0 Å². The van der Waals surface area contributed by atoms with Crippen LogP contribution in [0, 0.1) is 17.8 Å². The van der Waals surface area contributed by atoms with Crippen molar-refractivity contribution in [2.45, 2.75) is 94.5 Å². The van der Waals surface area contributed by atoms with Crippen molar-refractivity contribution in [2.75, 3.05) is 80.6 Å². The monoisotopic (exact) mass is 897 g/mol. The van der Waals surface area contributed by atoms with Gasteiger partial charge in [0.05, 0.1) is 59.7 Å². The molecule has 3 aliphatic heterocycles. The number of halogens is 2. The van der Waals surface area contributed by atoms with E-state index in [1.807, 2.05) is 31.1 Å². The number of carbonyl (C=O) groups is 4. The number of piperidine rings is 1. The first kappa shape index (κ1) is 45.6. The number of likely N-dealkylation sites (N-methyl/N-ethyl adjacent to an activating group) is 1. The largest absolute Gasteiger partial charge is 0.375 e. The van der Waals surface area contributed by atoms with Crippen LogP contribution in [0.2, 0.25) is 0 Å². The number of carbonyl (C=O) groups excluding carboxylic acids is 4. The van der Waals surface area contributed by atoms with Crippen LogP contribution in [0.15, 0.2) is 42.9 Å². The van der Waals surface area contributed by atoms with Gasteiger partial charge in [-0.2, -0.15) is 10.2 Å². The SMILES string of the molecule is CNC(=O)C(CCC=O)N(C=O)c1cccc(C#CCOC2CCN(CC3CCC(n4cc(NC(=O)c5cnn6ccc(N7CC8C[C@@H]7CO8)nc56)c(C(F)F)n4)CC3)CC2)c1N(C)C. The lowest BCUT2D eigenvalue weighted by Crippen LogP contribution is -2.46. The minimum atomic E-state index is -2.87. The Labute approximate surface area is 376 Å². The first-order chi connectivity index (χ1) is 31.5. The Bertz CT molecular complexity index is 2400. The lowest BCUT2D eigenvalue weighted by Gasteiger charge is -2.36. The fourth-order valence-electron chi connectivity index (χ4n) is 9.80. The summed E-state index contributed by atoms with van der Waals surface area (Å²) < 4.78 is 43.6. The topological polar surface area (TPSA) is 172 Å². The van der Waals surface area contributed by atoms with Crippen LogP contribution in [0.5, 0.6) is 0 Å².